The van der Waals surface area contributed by atoms with Gasteiger partial charge in [0, 0.05) is 43.2 Å². The number of imidazole rings is 1. The lowest BCUT2D eigenvalue weighted by molar-refractivity contribution is 0.356. The van der Waals surface area contributed by atoms with Crippen molar-refractivity contribution in [2.45, 2.75) is 19.9 Å². The zero-order valence-electron chi connectivity index (χ0n) is 18.7. The normalized spacial score (nSPS) is 13.1. The molecule has 0 unspecified atom stereocenters. The quantitative estimate of drug-likeness (QED) is 0.434. The zero-order valence-corrected chi connectivity index (χ0v) is 18.7. The highest BCUT2D eigenvalue weighted by atomic mass is 19.1. The predicted molar refractivity (Wildman–Crippen MR) is 120 cm³/mol. The number of rotatable bonds is 6. The second kappa shape index (κ2) is 7.90. The number of halogens is 1. The molecule has 3 aromatic heterocycles. The summed E-state index contributed by atoms with van der Waals surface area (Å²) in [6, 6.07) is 5.22. The lowest BCUT2D eigenvalue weighted by atomic mass is 10.0. The SMILES string of the molecule is Cc1cc(-c2cnc(N(Cc3c(F)ccc4c3CCO4)CN(C)C)n3ccnc23)n(C)n1. The summed E-state index contributed by atoms with van der Waals surface area (Å²) < 4.78 is 24.4. The number of fused-ring (bicyclic) bond motifs is 2. The molecule has 9 heteroatoms. The van der Waals surface area contributed by atoms with Gasteiger partial charge in [-0.2, -0.15) is 5.10 Å². The van der Waals surface area contributed by atoms with E-state index in [9.17, 15) is 4.39 Å². The summed E-state index contributed by atoms with van der Waals surface area (Å²) in [5.41, 5.74) is 5.15. The maximum atomic E-state index is 14.9. The molecule has 166 valence electrons. The van der Waals surface area contributed by atoms with Crippen LogP contribution in [0.5, 0.6) is 5.75 Å². The van der Waals surface area contributed by atoms with Gasteiger partial charge in [-0.1, -0.05) is 0 Å². The third-order valence-corrected chi connectivity index (χ3v) is 5.71. The van der Waals surface area contributed by atoms with Crippen LogP contribution in [0.3, 0.4) is 0 Å². The van der Waals surface area contributed by atoms with Crippen LogP contribution in [0.2, 0.25) is 0 Å². The van der Waals surface area contributed by atoms with Crippen molar-refractivity contribution in [2.24, 2.45) is 7.05 Å². The molecule has 4 aromatic rings. The predicted octanol–water partition coefficient (Wildman–Crippen LogP) is 3.04. The van der Waals surface area contributed by atoms with E-state index in [0.29, 0.717) is 37.8 Å². The minimum atomic E-state index is -0.220. The highest BCUT2D eigenvalue weighted by Gasteiger charge is 2.24. The summed E-state index contributed by atoms with van der Waals surface area (Å²) in [7, 11) is 5.88. The number of ether oxygens (including phenoxy) is 1. The zero-order chi connectivity index (χ0) is 22.4. The van der Waals surface area contributed by atoms with Gasteiger partial charge in [-0.25, -0.2) is 14.4 Å². The highest BCUT2D eigenvalue weighted by Crippen LogP contribution is 2.32. The molecule has 0 atom stereocenters. The van der Waals surface area contributed by atoms with Crippen LogP contribution in [-0.4, -0.2) is 56.4 Å². The maximum Gasteiger partial charge on any atom is 0.212 e. The molecule has 8 nitrogen and oxygen atoms in total. The van der Waals surface area contributed by atoms with Crippen LogP contribution in [0.1, 0.15) is 16.8 Å². The van der Waals surface area contributed by atoms with Gasteiger partial charge < -0.3 is 9.64 Å². The van der Waals surface area contributed by atoms with E-state index in [1.54, 1.807) is 12.3 Å². The molecule has 0 amide bonds. The van der Waals surface area contributed by atoms with Gasteiger partial charge in [0.25, 0.3) is 0 Å². The van der Waals surface area contributed by atoms with Gasteiger partial charge >= 0.3 is 0 Å². The molecular weight excluding hydrogens is 409 g/mol. The van der Waals surface area contributed by atoms with E-state index in [-0.39, 0.29) is 5.82 Å². The largest absolute Gasteiger partial charge is 0.493 e. The van der Waals surface area contributed by atoms with E-state index < -0.39 is 0 Å². The van der Waals surface area contributed by atoms with E-state index in [2.05, 4.69) is 15.0 Å². The number of aryl methyl sites for hydroxylation is 2. The minimum Gasteiger partial charge on any atom is -0.493 e. The molecule has 0 radical (unpaired) electrons. The minimum absolute atomic E-state index is 0.220. The summed E-state index contributed by atoms with van der Waals surface area (Å²) in [4.78, 5) is 13.5. The molecular formula is C23H26FN7O. The maximum absolute atomic E-state index is 14.9. The molecule has 0 bridgehead atoms. The second-order valence-electron chi connectivity index (χ2n) is 8.41. The molecule has 1 aliphatic heterocycles. The van der Waals surface area contributed by atoms with Crippen LogP contribution in [0.25, 0.3) is 16.9 Å². The average molecular weight is 436 g/mol. The molecule has 0 saturated heterocycles. The summed E-state index contributed by atoms with van der Waals surface area (Å²) in [5, 5.41) is 4.46. The van der Waals surface area contributed by atoms with E-state index >= 15 is 0 Å². The third-order valence-electron chi connectivity index (χ3n) is 5.71. The first kappa shape index (κ1) is 20.4. The molecule has 0 spiro atoms. The van der Waals surface area contributed by atoms with Gasteiger partial charge in [0.15, 0.2) is 5.65 Å². The van der Waals surface area contributed by atoms with Crippen LogP contribution in [0.4, 0.5) is 10.3 Å². The van der Waals surface area contributed by atoms with Crippen molar-refractivity contribution in [2.75, 3.05) is 32.3 Å². The van der Waals surface area contributed by atoms with Gasteiger partial charge in [-0.05, 0) is 39.2 Å². The highest BCUT2D eigenvalue weighted by molar-refractivity contribution is 5.76. The number of nitrogens with zero attached hydrogens (tertiary/aromatic N) is 7. The fourth-order valence-electron chi connectivity index (χ4n) is 4.39. The number of hydrogen-bond donors (Lipinski definition) is 0. The first-order valence-corrected chi connectivity index (χ1v) is 10.6. The number of aromatic nitrogens is 5. The van der Waals surface area contributed by atoms with Crippen LogP contribution >= 0.6 is 0 Å². The van der Waals surface area contributed by atoms with Crippen molar-refractivity contribution in [3.63, 3.8) is 0 Å². The molecule has 0 fully saturated rings. The Labute approximate surface area is 185 Å². The van der Waals surface area contributed by atoms with Crippen molar-refractivity contribution >= 4 is 11.6 Å². The van der Waals surface area contributed by atoms with Crippen molar-refractivity contribution in [1.82, 2.24) is 29.0 Å². The van der Waals surface area contributed by atoms with Crippen LogP contribution in [0.15, 0.2) is 36.8 Å². The van der Waals surface area contributed by atoms with Crippen molar-refractivity contribution < 1.29 is 9.13 Å². The number of benzene rings is 1. The first-order valence-electron chi connectivity index (χ1n) is 10.6. The summed E-state index contributed by atoms with van der Waals surface area (Å²) in [5.74, 6) is 1.25. The fourth-order valence-corrected chi connectivity index (χ4v) is 4.39. The van der Waals surface area contributed by atoms with E-state index in [4.69, 9.17) is 9.72 Å². The smallest absolute Gasteiger partial charge is 0.212 e. The molecule has 1 aliphatic rings. The summed E-state index contributed by atoms with van der Waals surface area (Å²) in [6.45, 7) is 3.49. The standard InChI is InChI=1S/C23H26FN7O/c1-15-11-20(29(4)27-15)17-12-26-23(31-9-8-25-22(17)31)30(14-28(2)3)13-18-16-7-10-32-21(16)6-5-19(18)24/h5-6,8-9,11-12H,7,10,13-14H2,1-4H3. The lowest BCUT2D eigenvalue weighted by Gasteiger charge is -2.28. The Morgan fingerprint density at radius 1 is 1.22 bits per heavy atom. The van der Waals surface area contributed by atoms with Crippen molar-refractivity contribution in [3.05, 3.63) is 59.4 Å². The molecule has 0 N–H and O–H groups in total. The Morgan fingerprint density at radius 3 is 2.81 bits per heavy atom. The van der Waals surface area contributed by atoms with Gasteiger partial charge in [-0.15, -0.1) is 0 Å². The molecule has 0 aliphatic carbocycles. The fraction of sp³-hybridized carbons (Fsp3) is 0.348. The van der Waals surface area contributed by atoms with Crippen LogP contribution < -0.4 is 9.64 Å². The van der Waals surface area contributed by atoms with Gasteiger partial charge in [-0.3, -0.25) is 14.0 Å². The van der Waals surface area contributed by atoms with Crippen LogP contribution in [0, 0.1) is 12.7 Å². The van der Waals surface area contributed by atoms with Gasteiger partial charge in [0.1, 0.15) is 11.6 Å². The topological polar surface area (TPSA) is 63.7 Å². The Balaban J connectivity index is 1.60. The van der Waals surface area contributed by atoms with E-state index in [1.807, 2.05) is 60.5 Å². The Hall–Kier alpha value is -3.46. The van der Waals surface area contributed by atoms with E-state index in [1.165, 1.54) is 6.07 Å². The van der Waals surface area contributed by atoms with Gasteiger partial charge in [0.05, 0.1) is 36.8 Å². The molecule has 4 heterocycles. The lowest BCUT2D eigenvalue weighted by Crippen LogP contribution is -2.35. The summed E-state index contributed by atoms with van der Waals surface area (Å²) >= 11 is 0. The monoisotopic (exact) mass is 435 g/mol. The molecule has 1 aromatic carbocycles. The van der Waals surface area contributed by atoms with Crippen LogP contribution in [-0.2, 0) is 20.0 Å². The average Bonchev–Trinajstić information content (AvgIpc) is 3.48. The first-order chi connectivity index (χ1) is 15.4. The Morgan fingerprint density at radius 2 is 2.06 bits per heavy atom. The summed E-state index contributed by atoms with van der Waals surface area (Å²) in [6.07, 6.45) is 6.19. The Bertz CT molecular complexity index is 1290. The van der Waals surface area contributed by atoms with E-state index in [0.717, 1.165) is 33.9 Å². The number of anilines is 1. The molecule has 0 saturated carbocycles. The molecule has 5 rings (SSSR count). The second-order valence-corrected chi connectivity index (χ2v) is 8.41. The van der Waals surface area contributed by atoms with Gasteiger partial charge in [0.2, 0.25) is 5.95 Å². The van der Waals surface area contributed by atoms with Crippen molar-refractivity contribution in [3.8, 4) is 17.0 Å². The Kier molecular flexibility index (Phi) is 5.05. The van der Waals surface area contributed by atoms with Crippen molar-refractivity contribution in [1.29, 1.82) is 0 Å². The molecule has 32 heavy (non-hydrogen) atoms. The number of hydrogen-bond acceptors (Lipinski definition) is 6. The third kappa shape index (κ3) is 3.48.